The Kier molecular flexibility index (Phi) is 9.65. The Bertz CT molecular complexity index is 96.0. The zero-order chi connectivity index (χ0) is 7.56. The molecule has 0 aromatic heterocycles. The van der Waals surface area contributed by atoms with E-state index in [0.717, 1.165) is 17.8 Å². The Morgan fingerprint density at radius 2 is 1.83 bits per heavy atom. The van der Waals surface area contributed by atoms with Gasteiger partial charge in [0.15, 0.2) is 0 Å². The monoisotopic (exact) mass is 198 g/mol. The summed E-state index contributed by atoms with van der Waals surface area (Å²) in [5, 5.41) is 0. The second-order valence-electron chi connectivity index (χ2n) is 4.06. The van der Waals surface area contributed by atoms with Gasteiger partial charge >= 0.3 is 23.1 Å². The Labute approximate surface area is 99.4 Å². The Hall–Kier alpha value is 1.06. The van der Waals surface area contributed by atoms with Crippen molar-refractivity contribution in [2.75, 3.05) is 0 Å². The zero-order valence-corrected chi connectivity index (χ0v) is 10.7. The van der Waals surface area contributed by atoms with Crippen molar-refractivity contribution < 1.29 is 12.4 Å². The van der Waals surface area contributed by atoms with E-state index in [2.05, 4.69) is 27.2 Å². The number of rotatable bonds is 1. The predicted octanol–water partition coefficient (Wildman–Crippen LogP) is -0.0939. The first-order valence-electron chi connectivity index (χ1n) is 4.53. The summed E-state index contributed by atoms with van der Waals surface area (Å²) >= 11 is 0. The summed E-state index contributed by atoms with van der Waals surface area (Å²) in [6, 6.07) is 0. The van der Waals surface area contributed by atoms with Crippen molar-refractivity contribution in [2.45, 2.75) is 40.0 Å². The predicted molar refractivity (Wildman–Crippen MR) is 51.4 cm³/mol. The molecule has 12 heavy (non-hydrogen) atoms. The molecule has 2 atom stereocenters. The molecule has 1 aliphatic carbocycles. The number of halogens is 1. The van der Waals surface area contributed by atoms with Crippen LogP contribution in [-0.2, 0) is 0 Å². The topological polar surface area (TPSA) is 0 Å². The van der Waals surface area contributed by atoms with E-state index in [1.165, 1.54) is 19.3 Å². The molecule has 0 saturated heterocycles. The van der Waals surface area contributed by atoms with Crippen LogP contribution >= 0.6 is 0 Å². The molecule has 0 aromatic rings. The SMILES string of the molecule is CC1C[CH-]C(C(C)C)CC1.[Cl-].[Mg+2]. The average molecular weight is 199 g/mol. The first kappa shape index (κ1) is 15.5. The molecule has 1 rings (SSSR count). The van der Waals surface area contributed by atoms with Gasteiger partial charge in [-0.1, -0.05) is 45.4 Å². The first-order valence-corrected chi connectivity index (χ1v) is 4.53. The zero-order valence-electron chi connectivity index (χ0n) is 8.52. The van der Waals surface area contributed by atoms with Gasteiger partial charge < -0.3 is 18.8 Å². The molecule has 0 nitrogen and oxygen atoms in total. The molecular formula is C10H19ClMg. The molecule has 1 saturated carbocycles. The van der Waals surface area contributed by atoms with Crippen LogP contribution in [0.3, 0.4) is 0 Å². The fraction of sp³-hybridized carbons (Fsp3) is 0.900. The van der Waals surface area contributed by atoms with Crippen molar-refractivity contribution in [1.82, 2.24) is 0 Å². The maximum Gasteiger partial charge on any atom is 2.00 e. The third-order valence-corrected chi connectivity index (χ3v) is 2.69. The Balaban J connectivity index is 0. The molecule has 0 radical (unpaired) electrons. The average Bonchev–Trinajstić information content (AvgIpc) is 1.88. The molecular weight excluding hydrogens is 180 g/mol. The van der Waals surface area contributed by atoms with Gasteiger partial charge in [0.05, 0.1) is 0 Å². The minimum Gasteiger partial charge on any atom is -1.00 e. The Morgan fingerprint density at radius 3 is 2.17 bits per heavy atom. The standard InChI is InChI=1S/C10H19.ClH.Mg/c1-8(2)10-6-4-9(3)5-7-10;;/h6,8-10H,4-5,7H2,1-3H3;1H;/q-1;;+2/p-1. The van der Waals surface area contributed by atoms with Gasteiger partial charge in [-0.05, 0) is 0 Å². The van der Waals surface area contributed by atoms with Gasteiger partial charge in [-0.25, -0.2) is 0 Å². The number of hydrogen-bond acceptors (Lipinski definition) is 0. The molecule has 0 heterocycles. The summed E-state index contributed by atoms with van der Waals surface area (Å²) in [6.45, 7) is 7.02. The van der Waals surface area contributed by atoms with E-state index in [1.54, 1.807) is 0 Å². The van der Waals surface area contributed by atoms with Gasteiger partial charge in [0.2, 0.25) is 0 Å². The third-order valence-electron chi connectivity index (χ3n) is 2.69. The van der Waals surface area contributed by atoms with Crippen LogP contribution in [0.2, 0.25) is 0 Å². The van der Waals surface area contributed by atoms with Crippen LogP contribution in [0.4, 0.5) is 0 Å². The van der Waals surface area contributed by atoms with Crippen LogP contribution in [0.15, 0.2) is 0 Å². The molecule has 0 N–H and O–H groups in total. The molecule has 0 aromatic carbocycles. The molecule has 68 valence electrons. The molecule has 1 aliphatic rings. The maximum absolute atomic E-state index is 2.53. The van der Waals surface area contributed by atoms with Gasteiger partial charge in [-0.3, -0.25) is 0 Å². The maximum atomic E-state index is 2.53. The van der Waals surface area contributed by atoms with Crippen LogP contribution in [0, 0.1) is 24.2 Å². The largest absolute Gasteiger partial charge is 2.00 e. The van der Waals surface area contributed by atoms with E-state index >= 15 is 0 Å². The van der Waals surface area contributed by atoms with E-state index in [9.17, 15) is 0 Å². The summed E-state index contributed by atoms with van der Waals surface area (Å²) in [5.41, 5.74) is 0. The summed E-state index contributed by atoms with van der Waals surface area (Å²) in [5.74, 6) is 2.73. The van der Waals surface area contributed by atoms with Crippen LogP contribution < -0.4 is 12.4 Å². The molecule has 0 amide bonds. The van der Waals surface area contributed by atoms with Crippen molar-refractivity contribution in [3.05, 3.63) is 6.42 Å². The second-order valence-corrected chi connectivity index (χ2v) is 4.06. The van der Waals surface area contributed by atoms with Crippen molar-refractivity contribution in [3.8, 4) is 0 Å². The van der Waals surface area contributed by atoms with Gasteiger partial charge in [0.1, 0.15) is 0 Å². The van der Waals surface area contributed by atoms with Crippen molar-refractivity contribution in [1.29, 1.82) is 0 Å². The van der Waals surface area contributed by atoms with E-state index in [-0.39, 0.29) is 35.5 Å². The molecule has 0 aliphatic heterocycles. The van der Waals surface area contributed by atoms with Gasteiger partial charge in [0.25, 0.3) is 0 Å². The first-order chi connectivity index (χ1) is 4.70. The molecule has 2 heteroatoms. The minimum atomic E-state index is 0. The molecule has 2 unspecified atom stereocenters. The summed E-state index contributed by atoms with van der Waals surface area (Å²) in [7, 11) is 0. The smallest absolute Gasteiger partial charge is 1.00 e. The van der Waals surface area contributed by atoms with E-state index in [1.807, 2.05) is 0 Å². The summed E-state index contributed by atoms with van der Waals surface area (Å²) in [6.07, 6.45) is 6.75. The second kappa shape index (κ2) is 7.46. The van der Waals surface area contributed by atoms with E-state index < -0.39 is 0 Å². The summed E-state index contributed by atoms with van der Waals surface area (Å²) in [4.78, 5) is 0. The van der Waals surface area contributed by atoms with Crippen molar-refractivity contribution in [3.63, 3.8) is 0 Å². The van der Waals surface area contributed by atoms with E-state index in [4.69, 9.17) is 0 Å². The summed E-state index contributed by atoms with van der Waals surface area (Å²) < 4.78 is 0. The van der Waals surface area contributed by atoms with Crippen LogP contribution in [0.1, 0.15) is 40.0 Å². The van der Waals surface area contributed by atoms with Crippen LogP contribution in [0.5, 0.6) is 0 Å². The van der Waals surface area contributed by atoms with Gasteiger partial charge in [-0.2, -0.15) is 12.3 Å². The van der Waals surface area contributed by atoms with Crippen LogP contribution in [0.25, 0.3) is 0 Å². The van der Waals surface area contributed by atoms with Crippen molar-refractivity contribution >= 4 is 23.1 Å². The minimum absolute atomic E-state index is 0. The van der Waals surface area contributed by atoms with Crippen LogP contribution in [-0.4, -0.2) is 23.1 Å². The third kappa shape index (κ3) is 4.93. The molecule has 1 fully saturated rings. The van der Waals surface area contributed by atoms with Gasteiger partial charge in [-0.15, -0.1) is 0 Å². The normalized spacial score (nSPS) is 29.0. The quantitative estimate of drug-likeness (QED) is 0.409. The fourth-order valence-electron chi connectivity index (χ4n) is 1.73. The fourth-order valence-corrected chi connectivity index (χ4v) is 1.73. The Morgan fingerprint density at radius 1 is 1.25 bits per heavy atom. The number of hydrogen-bond donors (Lipinski definition) is 0. The van der Waals surface area contributed by atoms with E-state index in [0.29, 0.717) is 0 Å². The molecule has 0 spiro atoms. The van der Waals surface area contributed by atoms with Crippen molar-refractivity contribution in [2.24, 2.45) is 17.8 Å². The molecule has 0 bridgehead atoms. The van der Waals surface area contributed by atoms with Gasteiger partial charge in [0, 0.05) is 0 Å².